The molecule has 0 amide bonds. The van der Waals surface area contributed by atoms with Crippen molar-refractivity contribution in [1.82, 2.24) is 0 Å². The first-order chi connectivity index (χ1) is 7.69. The molecule has 16 heavy (non-hydrogen) atoms. The van der Waals surface area contributed by atoms with Crippen molar-refractivity contribution in [1.29, 1.82) is 0 Å². The van der Waals surface area contributed by atoms with E-state index in [4.69, 9.17) is 14.6 Å². The Morgan fingerprint density at radius 3 is 2.31 bits per heavy atom. The standard InChI is InChI=1S/C8H8O3.C4H10O/c1-11-8-4-6(5-9)2-3-7(8)10;1-3-5-4-2/h2-5,10H,1H3;3-4H2,1-2H3. The summed E-state index contributed by atoms with van der Waals surface area (Å²) in [6.07, 6.45) is 0.696. The number of aromatic hydroxyl groups is 1. The summed E-state index contributed by atoms with van der Waals surface area (Å²) in [5.41, 5.74) is 0.486. The lowest BCUT2D eigenvalue weighted by Crippen LogP contribution is -1.85. The SMILES string of the molecule is CCOCC.COc1cc(C=O)ccc1O. The molecule has 0 radical (unpaired) electrons. The van der Waals surface area contributed by atoms with Gasteiger partial charge in [-0.25, -0.2) is 0 Å². The molecule has 1 rings (SSSR count). The van der Waals surface area contributed by atoms with Crippen LogP contribution in [0.1, 0.15) is 24.2 Å². The van der Waals surface area contributed by atoms with Gasteiger partial charge in [0.25, 0.3) is 0 Å². The van der Waals surface area contributed by atoms with E-state index in [2.05, 4.69) is 0 Å². The van der Waals surface area contributed by atoms with Crippen LogP contribution in [-0.2, 0) is 4.74 Å². The zero-order chi connectivity index (χ0) is 12.4. The summed E-state index contributed by atoms with van der Waals surface area (Å²) in [7, 11) is 1.43. The Morgan fingerprint density at radius 1 is 1.31 bits per heavy atom. The predicted molar refractivity (Wildman–Crippen MR) is 62.2 cm³/mol. The minimum Gasteiger partial charge on any atom is -0.504 e. The van der Waals surface area contributed by atoms with Crippen LogP contribution in [0.15, 0.2) is 18.2 Å². The lowest BCUT2D eigenvalue weighted by atomic mass is 10.2. The van der Waals surface area contributed by atoms with Crippen LogP contribution < -0.4 is 4.74 Å². The fourth-order valence-electron chi connectivity index (χ4n) is 0.972. The maximum atomic E-state index is 10.2. The average molecular weight is 226 g/mol. The van der Waals surface area contributed by atoms with Crippen molar-refractivity contribution in [2.24, 2.45) is 0 Å². The van der Waals surface area contributed by atoms with Crippen LogP contribution in [0.4, 0.5) is 0 Å². The third kappa shape index (κ3) is 5.36. The summed E-state index contributed by atoms with van der Waals surface area (Å²) in [6.45, 7) is 5.67. The Bertz CT molecular complexity index is 308. The van der Waals surface area contributed by atoms with Gasteiger partial charge in [-0.3, -0.25) is 4.79 Å². The van der Waals surface area contributed by atoms with E-state index in [0.717, 1.165) is 13.2 Å². The zero-order valence-corrected chi connectivity index (χ0v) is 9.90. The van der Waals surface area contributed by atoms with Gasteiger partial charge in [0.05, 0.1) is 7.11 Å². The fourth-order valence-corrected chi connectivity index (χ4v) is 0.972. The molecule has 0 saturated carbocycles. The molecule has 0 aliphatic carbocycles. The van der Waals surface area contributed by atoms with Crippen molar-refractivity contribution in [2.75, 3.05) is 20.3 Å². The molecular formula is C12H18O4. The molecule has 4 heteroatoms. The summed E-state index contributed by atoms with van der Waals surface area (Å²) < 4.78 is 9.61. The maximum Gasteiger partial charge on any atom is 0.161 e. The first-order valence-corrected chi connectivity index (χ1v) is 5.09. The highest BCUT2D eigenvalue weighted by atomic mass is 16.5. The van der Waals surface area contributed by atoms with Crippen LogP contribution in [0.3, 0.4) is 0 Å². The van der Waals surface area contributed by atoms with E-state index in [0.29, 0.717) is 17.6 Å². The number of rotatable bonds is 4. The molecule has 0 atom stereocenters. The molecule has 1 aromatic rings. The molecule has 0 fully saturated rings. The van der Waals surface area contributed by atoms with Crippen molar-refractivity contribution in [3.8, 4) is 11.5 Å². The Balaban J connectivity index is 0.000000385. The molecule has 0 aromatic heterocycles. The fraction of sp³-hybridized carbons (Fsp3) is 0.417. The molecule has 0 heterocycles. The maximum absolute atomic E-state index is 10.2. The van der Waals surface area contributed by atoms with Crippen LogP contribution in [0, 0.1) is 0 Å². The van der Waals surface area contributed by atoms with Gasteiger partial charge >= 0.3 is 0 Å². The number of phenolic OH excluding ortho intramolecular Hbond substituents is 1. The summed E-state index contributed by atoms with van der Waals surface area (Å²) >= 11 is 0. The number of methoxy groups -OCH3 is 1. The number of hydrogen-bond donors (Lipinski definition) is 1. The molecule has 0 saturated heterocycles. The second-order valence-electron chi connectivity index (χ2n) is 2.83. The van der Waals surface area contributed by atoms with Gasteiger partial charge < -0.3 is 14.6 Å². The highest BCUT2D eigenvalue weighted by Gasteiger charge is 2.00. The second kappa shape index (κ2) is 8.73. The smallest absolute Gasteiger partial charge is 0.161 e. The van der Waals surface area contributed by atoms with E-state index >= 15 is 0 Å². The minimum atomic E-state index is 0.0399. The van der Waals surface area contributed by atoms with Gasteiger partial charge in [0.1, 0.15) is 6.29 Å². The van der Waals surface area contributed by atoms with Crippen LogP contribution in [0.5, 0.6) is 11.5 Å². The lowest BCUT2D eigenvalue weighted by molar-refractivity contribution is 0.112. The molecule has 90 valence electrons. The molecular weight excluding hydrogens is 208 g/mol. The third-order valence-corrected chi connectivity index (χ3v) is 1.75. The third-order valence-electron chi connectivity index (χ3n) is 1.75. The first kappa shape index (κ1) is 14.5. The van der Waals surface area contributed by atoms with E-state index < -0.39 is 0 Å². The number of carbonyl (C=O) groups excluding carboxylic acids is 1. The van der Waals surface area contributed by atoms with E-state index in [1.54, 1.807) is 0 Å². The van der Waals surface area contributed by atoms with Gasteiger partial charge in [-0.1, -0.05) is 0 Å². The van der Waals surface area contributed by atoms with E-state index in [1.165, 1.54) is 25.3 Å². The number of carbonyl (C=O) groups is 1. The normalized spacial score (nSPS) is 8.94. The van der Waals surface area contributed by atoms with Gasteiger partial charge in [-0.15, -0.1) is 0 Å². The Morgan fingerprint density at radius 2 is 1.94 bits per heavy atom. The Hall–Kier alpha value is -1.55. The zero-order valence-electron chi connectivity index (χ0n) is 9.90. The quantitative estimate of drug-likeness (QED) is 0.800. The van der Waals surface area contributed by atoms with E-state index in [1.807, 2.05) is 13.8 Å². The molecule has 0 aliphatic rings. The molecule has 1 N–H and O–H groups in total. The molecule has 1 aromatic carbocycles. The van der Waals surface area contributed by atoms with Gasteiger partial charge in [-0.05, 0) is 32.0 Å². The van der Waals surface area contributed by atoms with Gasteiger partial charge in [0.2, 0.25) is 0 Å². The molecule has 0 spiro atoms. The van der Waals surface area contributed by atoms with Crippen molar-refractivity contribution in [3.63, 3.8) is 0 Å². The molecule has 0 aliphatic heterocycles. The molecule has 0 unspecified atom stereocenters. The van der Waals surface area contributed by atoms with Gasteiger partial charge in [0.15, 0.2) is 11.5 Å². The summed E-state index contributed by atoms with van der Waals surface area (Å²) in [5.74, 6) is 0.354. The number of benzene rings is 1. The number of ether oxygens (including phenoxy) is 2. The topological polar surface area (TPSA) is 55.8 Å². The average Bonchev–Trinajstić information content (AvgIpc) is 2.31. The lowest BCUT2D eigenvalue weighted by Gasteiger charge is -2.01. The highest BCUT2D eigenvalue weighted by Crippen LogP contribution is 2.25. The number of phenols is 1. The predicted octanol–water partition coefficient (Wildman–Crippen LogP) is 2.26. The van der Waals surface area contributed by atoms with Crippen molar-refractivity contribution in [2.45, 2.75) is 13.8 Å². The minimum absolute atomic E-state index is 0.0399. The monoisotopic (exact) mass is 226 g/mol. The van der Waals surface area contributed by atoms with Crippen LogP contribution in [0.2, 0.25) is 0 Å². The van der Waals surface area contributed by atoms with E-state index in [-0.39, 0.29) is 5.75 Å². The summed E-state index contributed by atoms with van der Waals surface area (Å²) in [5, 5.41) is 9.09. The highest BCUT2D eigenvalue weighted by molar-refractivity contribution is 5.76. The van der Waals surface area contributed by atoms with Crippen LogP contribution >= 0.6 is 0 Å². The molecule has 0 bridgehead atoms. The Labute approximate surface area is 95.8 Å². The van der Waals surface area contributed by atoms with Crippen LogP contribution in [-0.4, -0.2) is 31.7 Å². The first-order valence-electron chi connectivity index (χ1n) is 5.09. The van der Waals surface area contributed by atoms with Crippen LogP contribution in [0.25, 0.3) is 0 Å². The van der Waals surface area contributed by atoms with Gasteiger partial charge in [-0.2, -0.15) is 0 Å². The van der Waals surface area contributed by atoms with Crippen molar-refractivity contribution < 1.29 is 19.4 Å². The number of aldehydes is 1. The summed E-state index contributed by atoms with van der Waals surface area (Å²) in [4.78, 5) is 10.2. The van der Waals surface area contributed by atoms with Crippen molar-refractivity contribution in [3.05, 3.63) is 23.8 Å². The summed E-state index contributed by atoms with van der Waals surface area (Å²) in [6, 6.07) is 4.41. The number of hydrogen-bond acceptors (Lipinski definition) is 4. The Kier molecular flexibility index (Phi) is 7.89. The largest absolute Gasteiger partial charge is 0.504 e. The van der Waals surface area contributed by atoms with Gasteiger partial charge in [0, 0.05) is 18.8 Å². The van der Waals surface area contributed by atoms with Crippen molar-refractivity contribution >= 4 is 6.29 Å². The van der Waals surface area contributed by atoms with E-state index in [9.17, 15) is 4.79 Å². The second-order valence-corrected chi connectivity index (χ2v) is 2.83. The molecule has 4 nitrogen and oxygen atoms in total.